The van der Waals surface area contributed by atoms with Crippen LogP contribution in [0, 0.1) is 5.92 Å². The van der Waals surface area contributed by atoms with Crippen molar-refractivity contribution in [2.75, 3.05) is 11.9 Å². The highest BCUT2D eigenvalue weighted by atomic mass is 16.5. The molecule has 0 spiro atoms. The number of carbonyl (C=O) groups excluding carboxylic acids is 1. The highest BCUT2D eigenvalue weighted by Crippen LogP contribution is 2.28. The standard InChI is InChI=1S/C16H15NO3/c18-14-7-3-2-6-13(14)17-16(19)12-9-11-5-1-4-8-15(11)20-10-12/h1-8,12,18H,9-10H2,(H,17,19)/t12-/m1/s1. The lowest BCUT2D eigenvalue weighted by atomic mass is 9.96. The van der Waals surface area contributed by atoms with E-state index in [0.717, 1.165) is 11.3 Å². The molecule has 3 rings (SSSR count). The number of rotatable bonds is 2. The molecular formula is C16H15NO3. The van der Waals surface area contributed by atoms with Crippen LogP contribution in [0.1, 0.15) is 5.56 Å². The van der Waals surface area contributed by atoms with Crippen molar-refractivity contribution in [1.82, 2.24) is 0 Å². The highest BCUT2D eigenvalue weighted by Gasteiger charge is 2.26. The number of nitrogens with one attached hydrogen (secondary N) is 1. The molecule has 0 aromatic heterocycles. The molecule has 2 aromatic rings. The molecule has 20 heavy (non-hydrogen) atoms. The summed E-state index contributed by atoms with van der Waals surface area (Å²) in [5.74, 6) is 0.530. The van der Waals surface area contributed by atoms with E-state index in [0.29, 0.717) is 18.7 Å². The van der Waals surface area contributed by atoms with Gasteiger partial charge in [-0.05, 0) is 30.2 Å². The molecule has 0 saturated carbocycles. The molecule has 0 saturated heterocycles. The van der Waals surface area contributed by atoms with E-state index in [2.05, 4.69) is 5.32 Å². The Morgan fingerprint density at radius 1 is 1.15 bits per heavy atom. The van der Waals surface area contributed by atoms with Gasteiger partial charge < -0.3 is 15.2 Å². The fourth-order valence-corrected chi connectivity index (χ4v) is 2.31. The molecule has 2 aromatic carbocycles. The lowest BCUT2D eigenvalue weighted by molar-refractivity contribution is -0.121. The van der Waals surface area contributed by atoms with Crippen LogP contribution in [0.5, 0.6) is 11.5 Å². The second-order valence-electron chi connectivity index (χ2n) is 4.83. The van der Waals surface area contributed by atoms with Crippen LogP contribution in [-0.4, -0.2) is 17.6 Å². The first-order valence-electron chi connectivity index (χ1n) is 6.53. The minimum atomic E-state index is -0.246. The second kappa shape index (κ2) is 5.25. The van der Waals surface area contributed by atoms with Gasteiger partial charge in [0.05, 0.1) is 11.6 Å². The summed E-state index contributed by atoms with van der Waals surface area (Å²) in [6, 6.07) is 14.4. The number of fused-ring (bicyclic) bond motifs is 1. The molecular weight excluding hydrogens is 254 g/mol. The van der Waals surface area contributed by atoms with Crippen LogP contribution >= 0.6 is 0 Å². The summed E-state index contributed by atoms with van der Waals surface area (Å²) in [4.78, 5) is 12.2. The predicted octanol–water partition coefficient (Wildman–Crippen LogP) is 2.58. The number of hydrogen-bond donors (Lipinski definition) is 2. The van der Waals surface area contributed by atoms with Crippen molar-refractivity contribution in [3.63, 3.8) is 0 Å². The van der Waals surface area contributed by atoms with E-state index in [-0.39, 0.29) is 17.6 Å². The van der Waals surface area contributed by atoms with E-state index >= 15 is 0 Å². The summed E-state index contributed by atoms with van der Waals surface area (Å²) < 4.78 is 5.60. The first kappa shape index (κ1) is 12.5. The normalized spacial score (nSPS) is 16.9. The van der Waals surface area contributed by atoms with Gasteiger partial charge in [-0.25, -0.2) is 0 Å². The first-order chi connectivity index (χ1) is 9.74. The maximum Gasteiger partial charge on any atom is 0.231 e. The Morgan fingerprint density at radius 3 is 2.75 bits per heavy atom. The Morgan fingerprint density at radius 2 is 1.90 bits per heavy atom. The molecule has 1 amide bonds. The zero-order chi connectivity index (χ0) is 13.9. The number of phenols is 1. The maximum absolute atomic E-state index is 12.2. The van der Waals surface area contributed by atoms with Crippen molar-refractivity contribution in [2.45, 2.75) is 6.42 Å². The van der Waals surface area contributed by atoms with Gasteiger partial charge in [0.15, 0.2) is 0 Å². The van der Waals surface area contributed by atoms with Gasteiger partial charge in [0.25, 0.3) is 0 Å². The number of hydrogen-bond acceptors (Lipinski definition) is 3. The Hall–Kier alpha value is -2.49. The molecule has 1 atom stereocenters. The second-order valence-corrected chi connectivity index (χ2v) is 4.83. The third-order valence-electron chi connectivity index (χ3n) is 3.41. The molecule has 0 fully saturated rings. The van der Waals surface area contributed by atoms with E-state index in [1.807, 2.05) is 24.3 Å². The van der Waals surface area contributed by atoms with Gasteiger partial charge in [-0.2, -0.15) is 0 Å². The van der Waals surface area contributed by atoms with Crippen molar-refractivity contribution in [3.8, 4) is 11.5 Å². The van der Waals surface area contributed by atoms with E-state index in [9.17, 15) is 9.90 Å². The van der Waals surface area contributed by atoms with E-state index < -0.39 is 0 Å². The molecule has 4 heteroatoms. The molecule has 0 radical (unpaired) electrons. The van der Waals surface area contributed by atoms with E-state index in [1.54, 1.807) is 24.3 Å². The summed E-state index contributed by atoms with van der Waals surface area (Å²) in [6.07, 6.45) is 0.648. The van der Waals surface area contributed by atoms with Crippen LogP contribution in [0.25, 0.3) is 0 Å². The highest BCUT2D eigenvalue weighted by molar-refractivity contribution is 5.94. The van der Waals surface area contributed by atoms with E-state index in [4.69, 9.17) is 4.74 Å². The number of para-hydroxylation sites is 3. The van der Waals surface area contributed by atoms with Gasteiger partial charge in [0, 0.05) is 0 Å². The van der Waals surface area contributed by atoms with Gasteiger partial charge in [-0.15, -0.1) is 0 Å². The summed E-state index contributed by atoms with van der Waals surface area (Å²) >= 11 is 0. The van der Waals surface area contributed by atoms with Gasteiger partial charge >= 0.3 is 0 Å². The van der Waals surface area contributed by atoms with Crippen LogP contribution in [0.2, 0.25) is 0 Å². The monoisotopic (exact) mass is 269 g/mol. The zero-order valence-electron chi connectivity index (χ0n) is 10.9. The Kier molecular flexibility index (Phi) is 3.29. The third kappa shape index (κ3) is 2.45. The number of benzene rings is 2. The minimum absolute atomic E-state index is 0.0676. The molecule has 102 valence electrons. The van der Waals surface area contributed by atoms with Gasteiger partial charge in [-0.3, -0.25) is 4.79 Å². The molecule has 1 heterocycles. The molecule has 0 unspecified atom stereocenters. The van der Waals surface area contributed by atoms with Crippen LogP contribution in [0.15, 0.2) is 48.5 Å². The fraction of sp³-hybridized carbons (Fsp3) is 0.188. The van der Waals surface area contributed by atoms with Crippen molar-refractivity contribution in [2.24, 2.45) is 5.92 Å². The summed E-state index contributed by atoms with van der Waals surface area (Å²) in [5, 5.41) is 12.4. The summed E-state index contributed by atoms with van der Waals surface area (Å²) in [6.45, 7) is 0.358. The minimum Gasteiger partial charge on any atom is -0.506 e. The Balaban J connectivity index is 1.72. The largest absolute Gasteiger partial charge is 0.506 e. The van der Waals surface area contributed by atoms with Gasteiger partial charge in [-0.1, -0.05) is 30.3 Å². The fourth-order valence-electron chi connectivity index (χ4n) is 2.31. The molecule has 1 aliphatic heterocycles. The Bertz CT molecular complexity index is 639. The average Bonchev–Trinajstić information content (AvgIpc) is 2.49. The van der Waals surface area contributed by atoms with Crippen LogP contribution in [0.4, 0.5) is 5.69 Å². The number of phenolic OH excluding ortho intramolecular Hbond substituents is 1. The molecule has 0 aliphatic carbocycles. The number of anilines is 1. The maximum atomic E-state index is 12.2. The van der Waals surface area contributed by atoms with Crippen molar-refractivity contribution < 1.29 is 14.6 Å². The lowest BCUT2D eigenvalue weighted by Crippen LogP contribution is -2.32. The van der Waals surface area contributed by atoms with E-state index in [1.165, 1.54) is 0 Å². The topological polar surface area (TPSA) is 58.6 Å². The van der Waals surface area contributed by atoms with Crippen LogP contribution < -0.4 is 10.1 Å². The first-order valence-corrected chi connectivity index (χ1v) is 6.53. The third-order valence-corrected chi connectivity index (χ3v) is 3.41. The molecule has 1 aliphatic rings. The SMILES string of the molecule is O=C(Nc1ccccc1O)[C@H]1COc2ccccc2C1. The summed E-state index contributed by atoms with van der Waals surface area (Å²) in [7, 11) is 0. The molecule has 0 bridgehead atoms. The van der Waals surface area contributed by atoms with Crippen LogP contribution in [-0.2, 0) is 11.2 Å². The zero-order valence-corrected chi connectivity index (χ0v) is 10.9. The molecule has 4 nitrogen and oxygen atoms in total. The smallest absolute Gasteiger partial charge is 0.231 e. The van der Waals surface area contributed by atoms with Gasteiger partial charge in [0.1, 0.15) is 18.1 Å². The Labute approximate surface area is 117 Å². The van der Waals surface area contributed by atoms with Crippen LogP contribution in [0.3, 0.4) is 0 Å². The quantitative estimate of drug-likeness (QED) is 0.824. The number of carbonyl (C=O) groups is 1. The number of aromatic hydroxyl groups is 1. The molecule has 2 N–H and O–H groups in total. The summed E-state index contributed by atoms with van der Waals surface area (Å²) in [5.41, 5.74) is 1.47. The van der Waals surface area contributed by atoms with Gasteiger partial charge in [0.2, 0.25) is 5.91 Å². The number of ether oxygens (including phenoxy) is 1. The predicted molar refractivity (Wildman–Crippen MR) is 75.9 cm³/mol. The van der Waals surface area contributed by atoms with Crippen molar-refractivity contribution in [3.05, 3.63) is 54.1 Å². The van der Waals surface area contributed by atoms with Crippen molar-refractivity contribution >= 4 is 11.6 Å². The van der Waals surface area contributed by atoms with Crippen molar-refractivity contribution in [1.29, 1.82) is 0 Å². The lowest BCUT2D eigenvalue weighted by Gasteiger charge is -2.24. The number of amides is 1. The average molecular weight is 269 g/mol.